The van der Waals surface area contributed by atoms with Crippen LogP contribution in [0.25, 0.3) is 11.0 Å². The molecule has 0 radical (unpaired) electrons. The summed E-state index contributed by atoms with van der Waals surface area (Å²) in [6.07, 6.45) is 1.86. The maximum Gasteiger partial charge on any atom is 0.317 e. The third-order valence-corrected chi connectivity index (χ3v) is 5.13. The van der Waals surface area contributed by atoms with E-state index in [2.05, 4.69) is 27.1 Å². The molecule has 2 aromatic rings. The van der Waals surface area contributed by atoms with Gasteiger partial charge in [-0.2, -0.15) is 0 Å². The summed E-state index contributed by atoms with van der Waals surface area (Å²) in [6.45, 7) is 6.63. The number of carboxylic acid groups (broad SMARTS) is 1. The van der Waals surface area contributed by atoms with Crippen LogP contribution < -0.4 is 10.1 Å². The van der Waals surface area contributed by atoms with Gasteiger partial charge in [-0.3, -0.25) is 4.79 Å². The van der Waals surface area contributed by atoms with Crippen LogP contribution in [-0.2, 0) is 11.2 Å². The SMILES string of the molecule is CCN1CCC(CNC(=O)N(C)CCc2nc3ccc(OC)cc3[nH]2)C1.O=CO. The molecule has 1 atom stereocenters. The molecule has 9 nitrogen and oxygen atoms in total. The fraction of sp³-hybridized carbons (Fsp3) is 0.550. The second kappa shape index (κ2) is 11.3. The normalized spacial score (nSPS) is 16.2. The lowest BCUT2D eigenvalue weighted by Gasteiger charge is -2.19. The van der Waals surface area contributed by atoms with Crippen molar-refractivity contribution >= 4 is 23.5 Å². The average Bonchev–Trinajstić information content (AvgIpc) is 3.36. The van der Waals surface area contributed by atoms with Crippen LogP contribution in [0.2, 0.25) is 0 Å². The molecule has 0 spiro atoms. The molecule has 3 rings (SSSR count). The number of nitrogens with one attached hydrogen (secondary N) is 2. The molecule has 1 fully saturated rings. The molecule has 1 unspecified atom stereocenters. The molecule has 1 aromatic carbocycles. The third-order valence-electron chi connectivity index (χ3n) is 5.13. The number of hydrogen-bond acceptors (Lipinski definition) is 5. The zero-order valence-corrected chi connectivity index (χ0v) is 17.4. The summed E-state index contributed by atoms with van der Waals surface area (Å²) >= 11 is 0. The van der Waals surface area contributed by atoms with E-state index in [9.17, 15) is 4.79 Å². The Labute approximate surface area is 171 Å². The Morgan fingerprint density at radius 2 is 2.28 bits per heavy atom. The standard InChI is InChI=1S/C19H29N5O2.CH2O2/c1-4-24-10-7-14(13-24)12-20-19(25)23(2)9-8-18-21-16-6-5-15(26-3)11-17(16)22-18;2-1-3/h5-6,11,14H,4,7-10,12-13H2,1-3H3,(H,20,25)(H,21,22);1H,(H,2,3). The van der Waals surface area contributed by atoms with Crippen molar-refractivity contribution in [3.8, 4) is 5.75 Å². The molecule has 1 saturated heterocycles. The van der Waals surface area contributed by atoms with Gasteiger partial charge in [-0.1, -0.05) is 6.92 Å². The highest BCUT2D eigenvalue weighted by Crippen LogP contribution is 2.19. The maximum absolute atomic E-state index is 12.3. The molecule has 1 aliphatic heterocycles. The Hall–Kier alpha value is -2.81. The first-order valence-electron chi connectivity index (χ1n) is 9.82. The molecule has 3 N–H and O–H groups in total. The van der Waals surface area contributed by atoms with Gasteiger partial charge in [-0.25, -0.2) is 9.78 Å². The van der Waals surface area contributed by atoms with Gasteiger partial charge in [0.25, 0.3) is 6.47 Å². The van der Waals surface area contributed by atoms with Crippen molar-refractivity contribution in [3.63, 3.8) is 0 Å². The van der Waals surface area contributed by atoms with Gasteiger partial charge >= 0.3 is 6.03 Å². The fourth-order valence-electron chi connectivity index (χ4n) is 3.40. The van der Waals surface area contributed by atoms with Crippen molar-refractivity contribution in [2.75, 3.05) is 46.9 Å². The summed E-state index contributed by atoms with van der Waals surface area (Å²) in [5, 5.41) is 9.95. The van der Waals surface area contributed by atoms with E-state index in [0.29, 0.717) is 18.9 Å². The predicted molar refractivity (Wildman–Crippen MR) is 111 cm³/mol. The number of fused-ring (bicyclic) bond motifs is 1. The van der Waals surface area contributed by atoms with Crippen LogP contribution in [0.3, 0.4) is 0 Å². The first-order valence-corrected chi connectivity index (χ1v) is 9.82. The smallest absolute Gasteiger partial charge is 0.317 e. The first kappa shape index (κ1) is 22.5. The number of aromatic nitrogens is 2. The van der Waals surface area contributed by atoms with E-state index in [0.717, 1.165) is 48.8 Å². The van der Waals surface area contributed by atoms with Gasteiger partial charge in [0.15, 0.2) is 0 Å². The Bertz CT molecular complexity index is 794. The zero-order chi connectivity index (χ0) is 21.2. The van der Waals surface area contributed by atoms with Crippen molar-refractivity contribution in [1.82, 2.24) is 25.1 Å². The van der Waals surface area contributed by atoms with Gasteiger partial charge in [-0.15, -0.1) is 0 Å². The lowest BCUT2D eigenvalue weighted by molar-refractivity contribution is -0.122. The number of benzene rings is 1. The number of aromatic amines is 1. The van der Waals surface area contributed by atoms with Gasteiger partial charge in [0.05, 0.1) is 18.1 Å². The van der Waals surface area contributed by atoms with Crippen molar-refractivity contribution in [2.24, 2.45) is 5.92 Å². The summed E-state index contributed by atoms with van der Waals surface area (Å²) in [6, 6.07) is 5.75. The summed E-state index contributed by atoms with van der Waals surface area (Å²) in [5.41, 5.74) is 1.86. The van der Waals surface area contributed by atoms with Gasteiger partial charge in [-0.05, 0) is 37.6 Å². The van der Waals surface area contributed by atoms with Crippen molar-refractivity contribution in [3.05, 3.63) is 24.0 Å². The summed E-state index contributed by atoms with van der Waals surface area (Å²) in [4.78, 5) is 32.7. The van der Waals surface area contributed by atoms with E-state index in [1.54, 1.807) is 12.0 Å². The number of rotatable bonds is 7. The van der Waals surface area contributed by atoms with E-state index < -0.39 is 0 Å². The second-order valence-corrected chi connectivity index (χ2v) is 7.08. The topological polar surface area (TPSA) is 111 Å². The predicted octanol–water partition coefficient (Wildman–Crippen LogP) is 1.80. The number of nitrogens with zero attached hydrogens (tertiary/aromatic N) is 3. The lowest BCUT2D eigenvalue weighted by Crippen LogP contribution is -2.41. The number of likely N-dealkylation sites (N-methyl/N-ethyl adjacent to an activating group) is 1. The number of amides is 2. The van der Waals surface area contributed by atoms with Crippen LogP contribution in [-0.4, -0.2) is 84.3 Å². The summed E-state index contributed by atoms with van der Waals surface area (Å²) < 4.78 is 5.23. The van der Waals surface area contributed by atoms with Crippen LogP contribution in [0.4, 0.5) is 4.79 Å². The Morgan fingerprint density at radius 3 is 2.93 bits per heavy atom. The van der Waals surface area contributed by atoms with Crippen LogP contribution in [0, 0.1) is 5.92 Å². The average molecular weight is 405 g/mol. The Balaban J connectivity index is 0.000000941. The molecule has 9 heteroatoms. The van der Waals surface area contributed by atoms with Gasteiger partial charge in [0.1, 0.15) is 11.6 Å². The highest BCUT2D eigenvalue weighted by molar-refractivity contribution is 5.77. The van der Waals surface area contributed by atoms with E-state index in [-0.39, 0.29) is 12.5 Å². The number of methoxy groups -OCH3 is 1. The molecule has 2 heterocycles. The van der Waals surface area contributed by atoms with Gasteiger partial charge in [0.2, 0.25) is 0 Å². The summed E-state index contributed by atoms with van der Waals surface area (Å²) in [5.74, 6) is 2.25. The minimum atomic E-state index is -0.250. The molecule has 160 valence electrons. The maximum atomic E-state index is 12.3. The third kappa shape index (κ3) is 6.63. The molecule has 0 saturated carbocycles. The minimum Gasteiger partial charge on any atom is -0.497 e. The van der Waals surface area contributed by atoms with Crippen molar-refractivity contribution in [1.29, 1.82) is 0 Å². The Morgan fingerprint density at radius 1 is 1.52 bits per heavy atom. The number of ether oxygens (including phenoxy) is 1. The van der Waals surface area contributed by atoms with E-state index in [1.807, 2.05) is 25.2 Å². The second-order valence-electron chi connectivity index (χ2n) is 7.08. The van der Waals surface area contributed by atoms with Crippen LogP contribution >= 0.6 is 0 Å². The van der Waals surface area contributed by atoms with Gasteiger partial charge in [0, 0.05) is 39.2 Å². The summed E-state index contributed by atoms with van der Waals surface area (Å²) in [7, 11) is 3.48. The number of carbonyl (C=O) groups is 2. The van der Waals surface area contributed by atoms with E-state index in [1.165, 1.54) is 6.42 Å². The highest BCUT2D eigenvalue weighted by Gasteiger charge is 2.22. The fourth-order valence-corrected chi connectivity index (χ4v) is 3.40. The number of carbonyl (C=O) groups excluding carboxylic acids is 1. The number of hydrogen-bond donors (Lipinski definition) is 3. The van der Waals surface area contributed by atoms with E-state index in [4.69, 9.17) is 14.6 Å². The van der Waals surface area contributed by atoms with E-state index >= 15 is 0 Å². The number of imidazole rings is 1. The number of H-pyrrole nitrogens is 1. The first-order chi connectivity index (χ1) is 14.0. The number of urea groups is 1. The minimum absolute atomic E-state index is 0.0160. The van der Waals surface area contributed by atoms with Crippen molar-refractivity contribution in [2.45, 2.75) is 19.8 Å². The monoisotopic (exact) mass is 405 g/mol. The number of likely N-dealkylation sites (tertiary alicyclic amines) is 1. The van der Waals surface area contributed by atoms with Crippen molar-refractivity contribution < 1.29 is 19.4 Å². The zero-order valence-electron chi connectivity index (χ0n) is 17.4. The molecule has 1 aliphatic rings. The molecule has 2 amide bonds. The van der Waals surface area contributed by atoms with Crippen LogP contribution in [0.5, 0.6) is 5.75 Å². The Kier molecular flexibility index (Phi) is 8.72. The quantitative estimate of drug-likeness (QED) is 0.606. The van der Waals surface area contributed by atoms with Gasteiger partial charge < -0.3 is 29.9 Å². The molecular formula is C20H31N5O4. The van der Waals surface area contributed by atoms with Crippen LogP contribution in [0.15, 0.2) is 18.2 Å². The molecule has 1 aromatic heterocycles. The molecule has 0 aliphatic carbocycles. The molecular weight excluding hydrogens is 374 g/mol. The highest BCUT2D eigenvalue weighted by atomic mass is 16.5. The molecule has 29 heavy (non-hydrogen) atoms. The van der Waals surface area contributed by atoms with Crippen LogP contribution in [0.1, 0.15) is 19.2 Å². The molecule has 0 bridgehead atoms. The largest absolute Gasteiger partial charge is 0.497 e. The lowest BCUT2D eigenvalue weighted by atomic mass is 10.1.